The van der Waals surface area contributed by atoms with Crippen molar-refractivity contribution < 1.29 is 4.74 Å². The summed E-state index contributed by atoms with van der Waals surface area (Å²) in [5.41, 5.74) is 4.34. The molecular weight excluding hydrogens is 234 g/mol. The summed E-state index contributed by atoms with van der Waals surface area (Å²) in [5.74, 6) is 2.63. The van der Waals surface area contributed by atoms with Gasteiger partial charge in [0.25, 0.3) is 0 Å². The summed E-state index contributed by atoms with van der Waals surface area (Å²) in [6.07, 6.45) is 5.38. The van der Waals surface area contributed by atoms with Crippen LogP contribution in [0.1, 0.15) is 16.7 Å². The van der Waals surface area contributed by atoms with Crippen LogP contribution in [-0.2, 0) is 17.9 Å². The van der Waals surface area contributed by atoms with Gasteiger partial charge in [-0.3, -0.25) is 0 Å². The van der Waals surface area contributed by atoms with Crippen LogP contribution in [0.4, 0.5) is 5.69 Å². The quantitative estimate of drug-likeness (QED) is 0.822. The first kappa shape index (κ1) is 13.2. The fourth-order valence-corrected chi connectivity index (χ4v) is 1.84. The van der Waals surface area contributed by atoms with Crippen molar-refractivity contribution in [2.24, 2.45) is 0 Å². The van der Waals surface area contributed by atoms with Crippen LogP contribution in [0.5, 0.6) is 0 Å². The summed E-state index contributed by atoms with van der Waals surface area (Å²) in [5, 5.41) is 3.36. The molecule has 2 aromatic rings. The Balaban J connectivity index is 1.96. The maximum absolute atomic E-state index is 5.38. The second kappa shape index (κ2) is 6.63. The van der Waals surface area contributed by atoms with Crippen LogP contribution in [-0.4, -0.2) is 7.11 Å². The number of methoxy groups -OCH3 is 1. The number of hydrogen-bond donors (Lipinski definition) is 1. The zero-order chi connectivity index (χ0) is 13.5. The van der Waals surface area contributed by atoms with Crippen LogP contribution >= 0.6 is 0 Å². The molecule has 0 fully saturated rings. The summed E-state index contributed by atoms with van der Waals surface area (Å²) in [4.78, 5) is 0. The Bertz CT molecular complexity index is 567. The third-order valence-electron chi connectivity index (χ3n) is 2.86. The number of benzene rings is 2. The maximum atomic E-state index is 5.38. The molecule has 96 valence electrons. The number of nitrogens with one attached hydrogen (secondary N) is 1. The van der Waals surface area contributed by atoms with E-state index in [2.05, 4.69) is 35.5 Å². The molecule has 0 aliphatic carbocycles. The van der Waals surface area contributed by atoms with E-state index >= 15 is 0 Å². The van der Waals surface area contributed by atoms with E-state index in [1.54, 1.807) is 7.11 Å². The Hall–Kier alpha value is -2.24. The van der Waals surface area contributed by atoms with Crippen molar-refractivity contribution in [1.29, 1.82) is 0 Å². The predicted molar refractivity (Wildman–Crippen MR) is 78.9 cm³/mol. The van der Waals surface area contributed by atoms with Gasteiger partial charge in [-0.1, -0.05) is 36.3 Å². The highest BCUT2D eigenvalue weighted by atomic mass is 16.5. The monoisotopic (exact) mass is 251 g/mol. The average molecular weight is 251 g/mol. The molecule has 0 aliphatic heterocycles. The van der Waals surface area contributed by atoms with E-state index in [0.717, 1.165) is 17.8 Å². The Morgan fingerprint density at radius 2 is 1.84 bits per heavy atom. The molecule has 2 aromatic carbocycles. The van der Waals surface area contributed by atoms with Crippen LogP contribution in [0.3, 0.4) is 0 Å². The van der Waals surface area contributed by atoms with Gasteiger partial charge in [0.15, 0.2) is 0 Å². The van der Waals surface area contributed by atoms with Gasteiger partial charge in [0.2, 0.25) is 0 Å². The first-order valence-corrected chi connectivity index (χ1v) is 6.19. The Labute approximate surface area is 114 Å². The highest BCUT2D eigenvalue weighted by Crippen LogP contribution is 2.12. The van der Waals surface area contributed by atoms with Gasteiger partial charge < -0.3 is 10.1 Å². The molecule has 0 aliphatic rings. The molecule has 0 amide bonds. The van der Waals surface area contributed by atoms with Crippen LogP contribution in [0.15, 0.2) is 48.5 Å². The van der Waals surface area contributed by atoms with Crippen molar-refractivity contribution in [3.63, 3.8) is 0 Å². The van der Waals surface area contributed by atoms with Crippen molar-refractivity contribution in [3.8, 4) is 12.3 Å². The molecule has 0 bridgehead atoms. The van der Waals surface area contributed by atoms with Gasteiger partial charge in [-0.05, 0) is 29.3 Å². The van der Waals surface area contributed by atoms with Gasteiger partial charge >= 0.3 is 0 Å². The molecule has 0 saturated carbocycles. The lowest BCUT2D eigenvalue weighted by molar-refractivity contribution is 0.185. The molecule has 2 nitrogen and oxygen atoms in total. The second-order valence-electron chi connectivity index (χ2n) is 4.33. The van der Waals surface area contributed by atoms with Gasteiger partial charge in [-0.15, -0.1) is 6.42 Å². The molecule has 0 aromatic heterocycles. The van der Waals surface area contributed by atoms with Crippen molar-refractivity contribution in [2.75, 3.05) is 12.4 Å². The fraction of sp³-hybridized carbons (Fsp3) is 0.176. The lowest BCUT2D eigenvalue weighted by Gasteiger charge is -2.08. The predicted octanol–water partition coefficient (Wildman–Crippen LogP) is 3.43. The fourth-order valence-electron chi connectivity index (χ4n) is 1.84. The van der Waals surface area contributed by atoms with Gasteiger partial charge in [0, 0.05) is 24.9 Å². The number of anilines is 1. The van der Waals surface area contributed by atoms with Crippen molar-refractivity contribution in [2.45, 2.75) is 13.2 Å². The molecule has 1 N–H and O–H groups in total. The number of hydrogen-bond acceptors (Lipinski definition) is 2. The molecule has 0 radical (unpaired) electrons. The first-order chi connectivity index (χ1) is 9.31. The molecule has 19 heavy (non-hydrogen) atoms. The van der Waals surface area contributed by atoms with Crippen molar-refractivity contribution >= 4 is 5.69 Å². The normalized spacial score (nSPS) is 9.89. The highest BCUT2D eigenvalue weighted by molar-refractivity contribution is 5.50. The summed E-state index contributed by atoms with van der Waals surface area (Å²) in [6, 6.07) is 16.2. The highest BCUT2D eigenvalue weighted by Gasteiger charge is 1.96. The van der Waals surface area contributed by atoms with Gasteiger partial charge in [0.1, 0.15) is 0 Å². The van der Waals surface area contributed by atoms with Crippen LogP contribution in [0.25, 0.3) is 0 Å². The Morgan fingerprint density at radius 3 is 2.53 bits per heavy atom. The third kappa shape index (κ3) is 3.87. The second-order valence-corrected chi connectivity index (χ2v) is 4.33. The van der Waals surface area contributed by atoms with Gasteiger partial charge in [0.05, 0.1) is 6.61 Å². The van der Waals surface area contributed by atoms with Gasteiger partial charge in [-0.25, -0.2) is 0 Å². The smallest absolute Gasteiger partial charge is 0.0713 e. The summed E-state index contributed by atoms with van der Waals surface area (Å²) in [6.45, 7) is 1.43. The summed E-state index contributed by atoms with van der Waals surface area (Å²) >= 11 is 0. The largest absolute Gasteiger partial charge is 0.381 e. The molecule has 2 heteroatoms. The van der Waals surface area contributed by atoms with Crippen molar-refractivity contribution in [1.82, 2.24) is 0 Å². The Kier molecular flexibility index (Phi) is 4.60. The van der Waals surface area contributed by atoms with E-state index in [9.17, 15) is 0 Å². The number of ether oxygens (including phenoxy) is 1. The maximum Gasteiger partial charge on any atom is 0.0713 e. The zero-order valence-electron chi connectivity index (χ0n) is 11.0. The minimum atomic E-state index is 0.651. The third-order valence-corrected chi connectivity index (χ3v) is 2.86. The lowest BCUT2D eigenvalue weighted by atomic mass is 10.1. The van der Waals surface area contributed by atoms with Crippen LogP contribution < -0.4 is 5.32 Å². The SMILES string of the molecule is C#Cc1cccc(NCc2ccc(COC)cc2)c1. The minimum Gasteiger partial charge on any atom is -0.381 e. The molecule has 2 rings (SSSR count). The van der Waals surface area contributed by atoms with E-state index < -0.39 is 0 Å². The Morgan fingerprint density at radius 1 is 1.11 bits per heavy atom. The number of terminal acetylenes is 1. The lowest BCUT2D eigenvalue weighted by Crippen LogP contribution is -1.99. The standard InChI is InChI=1S/C17H17NO/c1-3-14-5-4-6-17(11-14)18-12-15-7-9-16(10-8-15)13-19-2/h1,4-11,18H,12-13H2,2H3. The van der Waals surface area contributed by atoms with Crippen LogP contribution in [0.2, 0.25) is 0 Å². The molecule has 0 saturated heterocycles. The van der Waals surface area contributed by atoms with Crippen LogP contribution in [0, 0.1) is 12.3 Å². The topological polar surface area (TPSA) is 21.3 Å². The molecule has 0 heterocycles. The van der Waals surface area contributed by atoms with E-state index in [0.29, 0.717) is 6.61 Å². The average Bonchev–Trinajstić information content (AvgIpc) is 2.47. The summed E-state index contributed by atoms with van der Waals surface area (Å²) < 4.78 is 5.09. The molecular formula is C17H17NO. The van der Waals surface area contributed by atoms with E-state index in [-0.39, 0.29) is 0 Å². The number of rotatable bonds is 5. The van der Waals surface area contributed by atoms with Crippen molar-refractivity contribution in [3.05, 3.63) is 65.2 Å². The van der Waals surface area contributed by atoms with E-state index in [1.807, 2.05) is 24.3 Å². The summed E-state index contributed by atoms with van der Waals surface area (Å²) in [7, 11) is 1.70. The molecule has 0 atom stereocenters. The van der Waals surface area contributed by atoms with E-state index in [1.165, 1.54) is 11.1 Å². The molecule has 0 unspecified atom stereocenters. The molecule has 0 spiro atoms. The minimum absolute atomic E-state index is 0.651. The van der Waals surface area contributed by atoms with E-state index in [4.69, 9.17) is 11.2 Å². The first-order valence-electron chi connectivity index (χ1n) is 6.19. The zero-order valence-corrected chi connectivity index (χ0v) is 11.0. The van der Waals surface area contributed by atoms with Gasteiger partial charge in [-0.2, -0.15) is 0 Å².